The van der Waals surface area contributed by atoms with Crippen LogP contribution >= 0.6 is 0 Å². The summed E-state index contributed by atoms with van der Waals surface area (Å²) >= 11 is 0. The highest BCUT2D eigenvalue weighted by molar-refractivity contribution is 5.98. The van der Waals surface area contributed by atoms with Gasteiger partial charge in [0.25, 0.3) is 0 Å². The number of nitrogens with two attached hydrogens (primary N) is 1. The van der Waals surface area contributed by atoms with Crippen molar-refractivity contribution < 1.29 is 4.74 Å². The van der Waals surface area contributed by atoms with Crippen molar-refractivity contribution in [2.24, 2.45) is 0 Å². The Morgan fingerprint density at radius 1 is 1.33 bits per heavy atom. The van der Waals surface area contributed by atoms with Crippen LogP contribution in [0, 0.1) is 13.8 Å². The number of methoxy groups -OCH3 is 1. The van der Waals surface area contributed by atoms with Gasteiger partial charge in [-0.05, 0) is 42.5 Å². The Bertz CT molecular complexity index is 521. The number of pyridine rings is 1. The number of aromatic nitrogens is 1. The third-order valence-electron chi connectivity index (χ3n) is 2.79. The van der Waals surface area contributed by atoms with Gasteiger partial charge in [0.15, 0.2) is 0 Å². The second-order valence-corrected chi connectivity index (χ2v) is 3.64. The highest BCUT2D eigenvalue weighted by atomic mass is 16.5. The molecule has 0 spiro atoms. The molecule has 0 aliphatic rings. The van der Waals surface area contributed by atoms with Crippen LogP contribution in [0.3, 0.4) is 0 Å². The average Bonchev–Trinajstić information content (AvgIpc) is 2.23. The second kappa shape index (κ2) is 3.42. The van der Waals surface area contributed by atoms with E-state index in [9.17, 15) is 0 Å². The molecular weight excluding hydrogens is 188 g/mol. The van der Waals surface area contributed by atoms with Gasteiger partial charge in [-0.15, -0.1) is 0 Å². The average molecular weight is 202 g/mol. The summed E-state index contributed by atoms with van der Waals surface area (Å²) in [5.74, 6) is 1.31. The molecule has 1 aromatic heterocycles. The second-order valence-electron chi connectivity index (χ2n) is 3.64. The van der Waals surface area contributed by atoms with Crippen molar-refractivity contribution in [3.63, 3.8) is 0 Å². The lowest BCUT2D eigenvalue weighted by Crippen LogP contribution is -1.96. The molecule has 2 N–H and O–H groups in total. The molecule has 15 heavy (non-hydrogen) atoms. The Morgan fingerprint density at radius 2 is 2.07 bits per heavy atom. The van der Waals surface area contributed by atoms with Gasteiger partial charge in [0, 0.05) is 6.20 Å². The number of ether oxygens (including phenoxy) is 1. The number of anilines is 1. The molecule has 1 aromatic carbocycles. The van der Waals surface area contributed by atoms with Gasteiger partial charge < -0.3 is 10.5 Å². The predicted octanol–water partition coefficient (Wildman–Crippen LogP) is 2.44. The van der Waals surface area contributed by atoms with Crippen LogP contribution in [0.1, 0.15) is 11.1 Å². The molecule has 0 aliphatic heterocycles. The first kappa shape index (κ1) is 9.77. The first-order valence-electron chi connectivity index (χ1n) is 4.83. The van der Waals surface area contributed by atoms with Gasteiger partial charge in [-0.3, -0.25) is 0 Å². The Balaban J connectivity index is 2.96. The number of nitrogens with zero attached hydrogens (tertiary/aromatic N) is 1. The fraction of sp³-hybridized carbons (Fsp3) is 0.250. The largest absolute Gasteiger partial charge is 0.496 e. The summed E-state index contributed by atoms with van der Waals surface area (Å²) in [6, 6.07) is 3.96. The smallest absolute Gasteiger partial charge is 0.134 e. The minimum Gasteiger partial charge on any atom is -0.496 e. The first-order valence-corrected chi connectivity index (χ1v) is 4.83. The van der Waals surface area contributed by atoms with Gasteiger partial charge in [-0.25, -0.2) is 4.98 Å². The van der Waals surface area contributed by atoms with Gasteiger partial charge in [0.2, 0.25) is 0 Å². The number of hydrogen-bond donors (Lipinski definition) is 1. The molecule has 3 nitrogen and oxygen atoms in total. The Labute approximate surface area is 88.9 Å². The molecule has 78 valence electrons. The van der Waals surface area contributed by atoms with Crippen molar-refractivity contribution in [2.45, 2.75) is 13.8 Å². The molecule has 2 rings (SSSR count). The van der Waals surface area contributed by atoms with Crippen LogP contribution in [-0.4, -0.2) is 12.1 Å². The van der Waals surface area contributed by atoms with E-state index in [0.29, 0.717) is 5.82 Å². The maximum absolute atomic E-state index is 5.86. The highest BCUT2D eigenvalue weighted by Crippen LogP contribution is 2.33. The molecule has 0 saturated heterocycles. The van der Waals surface area contributed by atoms with E-state index in [-0.39, 0.29) is 0 Å². The molecule has 2 aromatic rings. The van der Waals surface area contributed by atoms with E-state index in [0.717, 1.165) is 16.5 Å². The summed E-state index contributed by atoms with van der Waals surface area (Å²) in [5.41, 5.74) is 8.28. The summed E-state index contributed by atoms with van der Waals surface area (Å²) in [7, 11) is 1.65. The third-order valence-corrected chi connectivity index (χ3v) is 2.79. The van der Waals surface area contributed by atoms with E-state index in [4.69, 9.17) is 10.5 Å². The molecular formula is C12H14N2O. The zero-order chi connectivity index (χ0) is 11.0. The zero-order valence-electron chi connectivity index (χ0n) is 9.16. The zero-order valence-corrected chi connectivity index (χ0v) is 9.16. The third kappa shape index (κ3) is 1.40. The lowest BCUT2D eigenvalue weighted by atomic mass is 10.0. The molecule has 0 radical (unpaired) electrons. The van der Waals surface area contributed by atoms with Gasteiger partial charge in [0.1, 0.15) is 11.6 Å². The standard InChI is InChI=1S/C12H14N2O/c1-7-6-10(15-3)11-9(8(7)2)4-5-14-12(11)13/h4-6H,1-3H3,(H2,13,14). The number of benzene rings is 1. The number of aryl methyl sites for hydroxylation is 2. The lowest BCUT2D eigenvalue weighted by molar-refractivity contribution is 0.419. The minimum atomic E-state index is 0.521. The van der Waals surface area contributed by atoms with Gasteiger partial charge in [-0.2, -0.15) is 0 Å². The molecule has 0 bridgehead atoms. The molecule has 0 aliphatic carbocycles. The van der Waals surface area contributed by atoms with Gasteiger partial charge in [0.05, 0.1) is 12.5 Å². The molecule has 0 saturated carbocycles. The molecule has 0 atom stereocenters. The van der Waals surface area contributed by atoms with Gasteiger partial charge >= 0.3 is 0 Å². The van der Waals surface area contributed by atoms with Crippen molar-refractivity contribution in [3.8, 4) is 5.75 Å². The lowest BCUT2D eigenvalue weighted by Gasteiger charge is -2.11. The number of nitrogen functional groups attached to an aromatic ring is 1. The van der Waals surface area contributed by atoms with Crippen molar-refractivity contribution >= 4 is 16.6 Å². The summed E-state index contributed by atoms with van der Waals surface area (Å²) in [6.07, 6.45) is 1.73. The Hall–Kier alpha value is -1.77. The van der Waals surface area contributed by atoms with Crippen LogP contribution in [0.5, 0.6) is 5.75 Å². The number of fused-ring (bicyclic) bond motifs is 1. The van der Waals surface area contributed by atoms with Crippen molar-refractivity contribution in [1.29, 1.82) is 0 Å². The highest BCUT2D eigenvalue weighted by Gasteiger charge is 2.10. The Kier molecular flexibility index (Phi) is 2.23. The van der Waals surface area contributed by atoms with Crippen LogP contribution in [-0.2, 0) is 0 Å². The maximum Gasteiger partial charge on any atom is 0.134 e. The molecule has 0 amide bonds. The topological polar surface area (TPSA) is 48.1 Å². The van der Waals surface area contributed by atoms with Crippen LogP contribution in [0.15, 0.2) is 18.3 Å². The minimum absolute atomic E-state index is 0.521. The SMILES string of the molecule is COc1cc(C)c(C)c2ccnc(N)c12. The quantitative estimate of drug-likeness (QED) is 0.772. The monoisotopic (exact) mass is 202 g/mol. The van der Waals surface area contributed by atoms with Crippen LogP contribution in [0.25, 0.3) is 10.8 Å². The van der Waals surface area contributed by atoms with Crippen LogP contribution < -0.4 is 10.5 Å². The van der Waals surface area contributed by atoms with Gasteiger partial charge in [-0.1, -0.05) is 0 Å². The van der Waals surface area contributed by atoms with E-state index >= 15 is 0 Å². The summed E-state index contributed by atoms with van der Waals surface area (Å²) < 4.78 is 5.32. The molecule has 0 unspecified atom stereocenters. The summed E-state index contributed by atoms with van der Waals surface area (Å²) in [4.78, 5) is 4.08. The van der Waals surface area contributed by atoms with E-state index in [2.05, 4.69) is 18.8 Å². The summed E-state index contributed by atoms with van der Waals surface area (Å²) in [5, 5.41) is 2.02. The van der Waals surface area contributed by atoms with Crippen LogP contribution in [0.4, 0.5) is 5.82 Å². The molecule has 3 heteroatoms. The molecule has 0 fully saturated rings. The van der Waals surface area contributed by atoms with E-state index in [1.54, 1.807) is 13.3 Å². The van der Waals surface area contributed by atoms with Crippen molar-refractivity contribution in [3.05, 3.63) is 29.5 Å². The van der Waals surface area contributed by atoms with Crippen LogP contribution in [0.2, 0.25) is 0 Å². The fourth-order valence-electron chi connectivity index (χ4n) is 1.80. The van der Waals surface area contributed by atoms with E-state index in [1.807, 2.05) is 12.1 Å². The molecule has 1 heterocycles. The number of hydrogen-bond acceptors (Lipinski definition) is 3. The van der Waals surface area contributed by atoms with Crippen molar-refractivity contribution in [1.82, 2.24) is 4.98 Å². The number of rotatable bonds is 1. The van der Waals surface area contributed by atoms with E-state index in [1.165, 1.54) is 11.1 Å². The van der Waals surface area contributed by atoms with Crippen molar-refractivity contribution in [2.75, 3.05) is 12.8 Å². The first-order chi connectivity index (χ1) is 7.15. The maximum atomic E-state index is 5.86. The summed E-state index contributed by atoms with van der Waals surface area (Å²) in [6.45, 7) is 4.14. The Morgan fingerprint density at radius 3 is 2.73 bits per heavy atom. The normalized spacial score (nSPS) is 10.6. The fourth-order valence-corrected chi connectivity index (χ4v) is 1.80. The predicted molar refractivity (Wildman–Crippen MR) is 62.2 cm³/mol. The van der Waals surface area contributed by atoms with E-state index < -0.39 is 0 Å².